The zero-order valence-corrected chi connectivity index (χ0v) is 6.59. The molecule has 1 heterocycles. The Morgan fingerprint density at radius 2 is 2.31 bits per heavy atom. The normalized spacial score (nSPS) is 27.1. The molecule has 0 aromatic heterocycles. The van der Waals surface area contributed by atoms with Gasteiger partial charge in [-0.15, -0.1) is 0 Å². The van der Waals surface area contributed by atoms with E-state index >= 15 is 0 Å². The number of ether oxygens (including phenoxy) is 1. The van der Waals surface area contributed by atoms with Gasteiger partial charge in [0.1, 0.15) is 0 Å². The summed E-state index contributed by atoms with van der Waals surface area (Å²) >= 11 is 0. The molecule has 0 radical (unpaired) electrons. The van der Waals surface area contributed by atoms with E-state index in [9.17, 15) is 18.0 Å². The number of hydrogen-bond donors (Lipinski definition) is 0. The Hall–Kier alpha value is -1.27. The number of esters is 1. The molecule has 1 aliphatic rings. The number of alkyl halides is 3. The topological polar surface area (TPSA) is 47.9 Å². The van der Waals surface area contributed by atoms with E-state index in [1.165, 1.54) is 0 Å². The minimum Gasteiger partial charge on any atom is -0.412 e. The van der Waals surface area contributed by atoms with E-state index in [0.717, 1.165) is 13.1 Å². The molecule has 0 bridgehead atoms. The Bertz CT molecular complexity index is 240. The van der Waals surface area contributed by atoms with Crippen molar-refractivity contribution < 1.29 is 27.5 Å². The maximum Gasteiger partial charge on any atom is 0.470 e. The largest absolute Gasteiger partial charge is 0.470 e. The number of carbonyl (C=O) groups is 1. The third-order valence-electron chi connectivity index (χ3n) is 1.38. The molecular weight excluding hydrogens is 191 g/mol. The molecule has 0 aromatic carbocycles. The molecule has 0 amide bonds. The Labute approximate surface area is 71.3 Å². The summed E-state index contributed by atoms with van der Waals surface area (Å²) in [4.78, 5) is 14.4. The van der Waals surface area contributed by atoms with Crippen LogP contribution in [0.3, 0.4) is 0 Å². The smallest absolute Gasteiger partial charge is 0.412 e. The highest BCUT2D eigenvalue weighted by Gasteiger charge is 2.63. The van der Waals surface area contributed by atoms with Crippen molar-refractivity contribution in [2.75, 3.05) is 0 Å². The van der Waals surface area contributed by atoms with Crippen molar-refractivity contribution in [3.05, 3.63) is 0 Å². The fourth-order valence-corrected chi connectivity index (χ4v) is 0.835. The van der Waals surface area contributed by atoms with Gasteiger partial charge in [0.05, 0.1) is 12.6 Å². The molecule has 0 spiro atoms. The summed E-state index contributed by atoms with van der Waals surface area (Å²) in [6.07, 6.45) is -4.50. The third kappa shape index (κ3) is 1.73. The number of hydrogen-bond acceptors (Lipinski definition) is 4. The number of oxime groups is 1. The lowest BCUT2D eigenvalue weighted by Gasteiger charge is -2.27. The second-order valence-electron chi connectivity index (χ2n) is 2.43. The van der Waals surface area contributed by atoms with Crippen LogP contribution in [0, 0.1) is 0 Å². The highest BCUT2D eigenvalue weighted by Crippen LogP contribution is 2.39. The first kappa shape index (κ1) is 9.82. The van der Waals surface area contributed by atoms with Gasteiger partial charge in [-0.25, -0.2) is 0 Å². The van der Waals surface area contributed by atoms with Crippen LogP contribution in [0.15, 0.2) is 5.16 Å². The monoisotopic (exact) mass is 197 g/mol. The molecule has 0 saturated heterocycles. The summed E-state index contributed by atoms with van der Waals surface area (Å²) in [5.41, 5.74) is 0. The van der Waals surface area contributed by atoms with E-state index in [1.54, 1.807) is 0 Å². The molecule has 0 N–H and O–H groups in total. The average Bonchev–Trinajstić information content (AvgIpc) is 2.33. The lowest BCUT2D eigenvalue weighted by molar-refractivity contribution is -0.357. The van der Waals surface area contributed by atoms with E-state index in [-0.39, 0.29) is 0 Å². The fourth-order valence-electron chi connectivity index (χ4n) is 0.835. The van der Waals surface area contributed by atoms with Gasteiger partial charge in [0.25, 0.3) is 0 Å². The maximum atomic E-state index is 12.3. The van der Waals surface area contributed by atoms with Gasteiger partial charge < -0.3 is 9.57 Å². The van der Waals surface area contributed by atoms with Gasteiger partial charge in [0.15, 0.2) is 0 Å². The van der Waals surface area contributed by atoms with Crippen LogP contribution in [0.1, 0.15) is 13.3 Å². The van der Waals surface area contributed by atoms with Crippen LogP contribution >= 0.6 is 0 Å². The van der Waals surface area contributed by atoms with Crippen LogP contribution in [0.4, 0.5) is 13.2 Å². The number of halogens is 3. The van der Waals surface area contributed by atoms with E-state index in [0.29, 0.717) is 0 Å². The maximum absolute atomic E-state index is 12.3. The number of nitrogens with zero attached hydrogens (tertiary/aromatic N) is 1. The van der Waals surface area contributed by atoms with Crippen LogP contribution in [-0.4, -0.2) is 24.1 Å². The molecule has 4 nitrogen and oxygen atoms in total. The van der Waals surface area contributed by atoms with Crippen molar-refractivity contribution in [2.24, 2.45) is 5.16 Å². The van der Waals surface area contributed by atoms with Gasteiger partial charge in [0.2, 0.25) is 0 Å². The molecule has 74 valence electrons. The van der Waals surface area contributed by atoms with Crippen molar-refractivity contribution in [2.45, 2.75) is 25.3 Å². The summed E-state index contributed by atoms with van der Waals surface area (Å²) < 4.78 is 40.9. The van der Waals surface area contributed by atoms with Crippen LogP contribution in [0.25, 0.3) is 0 Å². The SMILES string of the molecule is CC(=O)OC1(C(F)(F)F)CC=NO1. The average molecular weight is 197 g/mol. The second-order valence-corrected chi connectivity index (χ2v) is 2.43. The van der Waals surface area contributed by atoms with E-state index in [4.69, 9.17) is 0 Å². The zero-order chi connectivity index (χ0) is 10.1. The van der Waals surface area contributed by atoms with Crippen molar-refractivity contribution in [1.82, 2.24) is 0 Å². The third-order valence-corrected chi connectivity index (χ3v) is 1.38. The van der Waals surface area contributed by atoms with Crippen molar-refractivity contribution in [3.63, 3.8) is 0 Å². The van der Waals surface area contributed by atoms with Crippen LogP contribution in [-0.2, 0) is 14.4 Å². The molecule has 0 aromatic rings. The van der Waals surface area contributed by atoms with E-state index in [1.807, 2.05) is 0 Å². The first-order valence-electron chi connectivity index (χ1n) is 3.34. The minimum absolute atomic E-state index is 0.615. The lowest BCUT2D eigenvalue weighted by atomic mass is 10.2. The van der Waals surface area contributed by atoms with Crippen molar-refractivity contribution >= 4 is 12.2 Å². The van der Waals surface area contributed by atoms with Gasteiger partial charge in [0, 0.05) is 6.92 Å². The summed E-state index contributed by atoms with van der Waals surface area (Å²) in [7, 11) is 0. The Balaban J connectivity index is 2.83. The van der Waals surface area contributed by atoms with Gasteiger partial charge >= 0.3 is 17.9 Å². The van der Waals surface area contributed by atoms with Crippen LogP contribution in [0.2, 0.25) is 0 Å². The number of carbonyl (C=O) groups excluding carboxylic acids is 1. The van der Waals surface area contributed by atoms with E-state index in [2.05, 4.69) is 14.7 Å². The number of rotatable bonds is 1. The molecule has 7 heteroatoms. The summed E-state index contributed by atoms with van der Waals surface area (Å²) in [5, 5.41) is 2.93. The predicted molar refractivity (Wildman–Crippen MR) is 34.7 cm³/mol. The van der Waals surface area contributed by atoms with Gasteiger partial charge in [-0.3, -0.25) is 4.79 Å². The standard InChI is InChI=1S/C6H6F3NO3/c1-4(11)12-5(6(7,8)9)2-3-10-13-5/h3H,2H2,1H3. The molecule has 1 rings (SSSR count). The highest BCUT2D eigenvalue weighted by atomic mass is 19.4. The molecular formula is C6H6F3NO3. The Kier molecular flexibility index (Phi) is 2.19. The molecule has 13 heavy (non-hydrogen) atoms. The Morgan fingerprint density at radius 1 is 1.69 bits per heavy atom. The van der Waals surface area contributed by atoms with Crippen LogP contribution in [0.5, 0.6) is 0 Å². The van der Waals surface area contributed by atoms with Crippen molar-refractivity contribution in [1.29, 1.82) is 0 Å². The summed E-state index contributed by atoms with van der Waals surface area (Å²) in [5.74, 6) is -3.98. The van der Waals surface area contributed by atoms with Gasteiger partial charge in [-0.1, -0.05) is 5.16 Å². The first-order chi connectivity index (χ1) is 5.87. The molecule has 1 aliphatic heterocycles. The first-order valence-corrected chi connectivity index (χ1v) is 3.34. The van der Waals surface area contributed by atoms with E-state index < -0.39 is 24.4 Å². The van der Waals surface area contributed by atoms with Gasteiger partial charge in [-0.2, -0.15) is 13.2 Å². The van der Waals surface area contributed by atoms with Crippen LogP contribution < -0.4 is 0 Å². The molecule has 0 saturated carbocycles. The Morgan fingerprint density at radius 3 is 2.62 bits per heavy atom. The summed E-state index contributed by atoms with van der Waals surface area (Å²) in [6.45, 7) is 0.870. The quantitative estimate of drug-likeness (QED) is 0.593. The predicted octanol–water partition coefficient (Wildman–Crippen LogP) is 1.21. The lowest BCUT2D eigenvalue weighted by Crippen LogP contribution is -2.48. The highest BCUT2D eigenvalue weighted by molar-refractivity contribution is 5.68. The summed E-state index contributed by atoms with van der Waals surface area (Å²) in [6, 6.07) is 0. The molecule has 0 fully saturated rings. The zero-order valence-electron chi connectivity index (χ0n) is 6.59. The molecule has 1 atom stereocenters. The fraction of sp³-hybridized carbons (Fsp3) is 0.667. The van der Waals surface area contributed by atoms with Crippen molar-refractivity contribution in [3.8, 4) is 0 Å². The van der Waals surface area contributed by atoms with Gasteiger partial charge in [-0.05, 0) is 0 Å². The second kappa shape index (κ2) is 2.90. The molecule has 0 aliphatic carbocycles. The minimum atomic E-state index is -4.78. The molecule has 1 unspecified atom stereocenters.